The highest BCUT2D eigenvalue weighted by Gasteiger charge is 2.21. The number of pyridine rings is 1. The molecule has 1 aromatic heterocycles. The molecule has 0 aliphatic heterocycles. The summed E-state index contributed by atoms with van der Waals surface area (Å²) in [4.78, 5) is 14.3. The van der Waals surface area contributed by atoms with Gasteiger partial charge in [0, 0.05) is 5.56 Å². The van der Waals surface area contributed by atoms with E-state index < -0.39 is 30.3 Å². The van der Waals surface area contributed by atoms with Crippen LogP contribution in [0.4, 0.5) is 19.0 Å². The molecule has 0 spiro atoms. The molecule has 0 bridgehead atoms. The predicted molar refractivity (Wildman–Crippen MR) is 53.9 cm³/mol. The Morgan fingerprint density at radius 1 is 1.59 bits per heavy atom. The van der Waals surface area contributed by atoms with E-state index in [0.717, 1.165) is 6.07 Å². The van der Waals surface area contributed by atoms with E-state index in [0.29, 0.717) is 0 Å². The third-order valence-electron chi connectivity index (χ3n) is 1.93. The highest BCUT2D eigenvalue weighted by Crippen LogP contribution is 2.24. The Kier molecular flexibility index (Phi) is 4.30. The van der Waals surface area contributed by atoms with Crippen molar-refractivity contribution in [2.75, 3.05) is 12.3 Å². The van der Waals surface area contributed by atoms with E-state index in [4.69, 9.17) is 5.73 Å². The number of halogens is 3. The van der Waals surface area contributed by atoms with E-state index in [1.54, 1.807) is 6.92 Å². The van der Waals surface area contributed by atoms with Crippen molar-refractivity contribution in [2.45, 2.75) is 19.8 Å². The van der Waals surface area contributed by atoms with Crippen molar-refractivity contribution < 1.29 is 22.7 Å². The zero-order valence-corrected chi connectivity index (χ0v) is 9.04. The van der Waals surface area contributed by atoms with E-state index in [1.807, 2.05) is 0 Å². The van der Waals surface area contributed by atoms with Gasteiger partial charge in [-0.1, -0.05) is 0 Å². The Labute approximate surface area is 95.6 Å². The van der Waals surface area contributed by atoms with Crippen molar-refractivity contribution in [3.63, 3.8) is 0 Å². The molecule has 1 aromatic rings. The molecular weight excluding hydrogens is 237 g/mol. The first-order valence-corrected chi connectivity index (χ1v) is 4.84. The largest absolute Gasteiger partial charge is 0.466 e. The summed E-state index contributed by atoms with van der Waals surface area (Å²) in [6.45, 7) is 1.71. The van der Waals surface area contributed by atoms with Gasteiger partial charge < -0.3 is 10.5 Å². The van der Waals surface area contributed by atoms with Crippen molar-refractivity contribution >= 4 is 11.8 Å². The third-order valence-corrected chi connectivity index (χ3v) is 1.93. The maximum absolute atomic E-state index is 13.5. The standard InChI is InChI=1S/C10H11F3N2O2/c1-2-17-7(16)4-5-3-6(14)15-9(8(5)11)10(12)13/h3,10H,2,4H2,1H3,(H2,14,15). The summed E-state index contributed by atoms with van der Waals surface area (Å²) in [5, 5.41) is 0. The number of hydrogen-bond donors (Lipinski definition) is 1. The van der Waals surface area contributed by atoms with E-state index in [2.05, 4.69) is 9.72 Å². The maximum Gasteiger partial charge on any atom is 0.310 e. The van der Waals surface area contributed by atoms with Gasteiger partial charge in [-0.2, -0.15) is 0 Å². The average molecular weight is 248 g/mol. The molecular formula is C10H11F3N2O2. The van der Waals surface area contributed by atoms with Gasteiger partial charge in [0.05, 0.1) is 13.0 Å². The van der Waals surface area contributed by atoms with Crippen molar-refractivity contribution in [1.82, 2.24) is 4.98 Å². The number of carbonyl (C=O) groups excluding carboxylic acids is 1. The van der Waals surface area contributed by atoms with Crippen molar-refractivity contribution in [3.8, 4) is 0 Å². The molecule has 0 fully saturated rings. The molecule has 0 radical (unpaired) electrons. The molecule has 0 aromatic carbocycles. The van der Waals surface area contributed by atoms with Crippen LogP contribution in [0.2, 0.25) is 0 Å². The molecule has 2 N–H and O–H groups in total. The first-order valence-electron chi connectivity index (χ1n) is 4.84. The summed E-state index contributed by atoms with van der Waals surface area (Å²) in [6, 6.07) is 1.04. The molecule has 7 heteroatoms. The van der Waals surface area contributed by atoms with E-state index >= 15 is 0 Å². The number of esters is 1. The number of alkyl halides is 2. The van der Waals surface area contributed by atoms with Gasteiger partial charge in [0.15, 0.2) is 5.82 Å². The topological polar surface area (TPSA) is 65.2 Å². The Bertz CT molecular complexity index is 424. The van der Waals surface area contributed by atoms with Gasteiger partial charge in [0.2, 0.25) is 0 Å². The van der Waals surface area contributed by atoms with E-state index in [9.17, 15) is 18.0 Å². The first-order chi connectivity index (χ1) is 7.95. The summed E-state index contributed by atoms with van der Waals surface area (Å²) in [6.07, 6.45) is -3.54. The molecule has 1 rings (SSSR count). The normalized spacial score (nSPS) is 10.6. The SMILES string of the molecule is CCOC(=O)Cc1cc(N)nc(C(F)F)c1F. The number of hydrogen-bond acceptors (Lipinski definition) is 4. The molecule has 94 valence electrons. The second-order valence-electron chi connectivity index (χ2n) is 3.19. The second-order valence-corrected chi connectivity index (χ2v) is 3.19. The number of nitrogens with zero attached hydrogens (tertiary/aromatic N) is 1. The number of ether oxygens (including phenoxy) is 1. The Hall–Kier alpha value is -1.79. The van der Waals surface area contributed by atoms with Gasteiger partial charge in [-0.25, -0.2) is 18.2 Å². The maximum atomic E-state index is 13.5. The number of aromatic nitrogens is 1. The molecule has 0 saturated heterocycles. The number of rotatable bonds is 4. The number of anilines is 1. The van der Waals surface area contributed by atoms with Gasteiger partial charge in [0.25, 0.3) is 6.43 Å². The first kappa shape index (κ1) is 13.3. The van der Waals surface area contributed by atoms with Crippen LogP contribution in [-0.2, 0) is 16.0 Å². The highest BCUT2D eigenvalue weighted by molar-refractivity contribution is 5.73. The van der Waals surface area contributed by atoms with Crippen LogP contribution in [0.15, 0.2) is 6.07 Å². The van der Waals surface area contributed by atoms with Gasteiger partial charge in [-0.05, 0) is 13.0 Å². The molecule has 0 aliphatic carbocycles. The van der Waals surface area contributed by atoms with Crippen LogP contribution >= 0.6 is 0 Å². The average Bonchev–Trinajstić information content (AvgIpc) is 2.22. The van der Waals surface area contributed by atoms with Crippen LogP contribution in [0.1, 0.15) is 24.6 Å². The lowest BCUT2D eigenvalue weighted by atomic mass is 10.1. The summed E-state index contributed by atoms with van der Waals surface area (Å²) in [7, 11) is 0. The van der Waals surface area contributed by atoms with Gasteiger partial charge in [-0.3, -0.25) is 4.79 Å². The zero-order valence-electron chi connectivity index (χ0n) is 9.04. The minimum atomic E-state index is -3.08. The lowest BCUT2D eigenvalue weighted by molar-refractivity contribution is -0.142. The Morgan fingerprint density at radius 3 is 2.76 bits per heavy atom. The highest BCUT2D eigenvalue weighted by atomic mass is 19.3. The second kappa shape index (κ2) is 5.51. The molecule has 0 unspecified atom stereocenters. The summed E-state index contributed by atoms with van der Waals surface area (Å²) in [5.74, 6) is -2.19. The minimum absolute atomic E-state index is 0.128. The number of nitrogens with two attached hydrogens (primary N) is 1. The molecule has 1 heterocycles. The summed E-state index contributed by atoms with van der Waals surface area (Å²) >= 11 is 0. The lowest BCUT2D eigenvalue weighted by Gasteiger charge is -2.08. The van der Waals surface area contributed by atoms with Crippen molar-refractivity contribution in [3.05, 3.63) is 23.1 Å². The molecule has 17 heavy (non-hydrogen) atoms. The third kappa shape index (κ3) is 3.33. The van der Waals surface area contributed by atoms with Crippen LogP contribution in [0.25, 0.3) is 0 Å². The Morgan fingerprint density at radius 2 is 2.24 bits per heavy atom. The van der Waals surface area contributed by atoms with Crippen LogP contribution in [0.3, 0.4) is 0 Å². The number of carbonyl (C=O) groups is 1. The van der Waals surface area contributed by atoms with Crippen molar-refractivity contribution in [2.24, 2.45) is 0 Å². The fourth-order valence-electron chi connectivity index (χ4n) is 1.27. The lowest BCUT2D eigenvalue weighted by Crippen LogP contribution is -2.12. The fraction of sp³-hybridized carbons (Fsp3) is 0.400. The smallest absolute Gasteiger partial charge is 0.310 e. The van der Waals surface area contributed by atoms with Gasteiger partial charge in [0.1, 0.15) is 11.5 Å². The number of nitrogen functional groups attached to an aromatic ring is 1. The van der Waals surface area contributed by atoms with Crippen LogP contribution in [0.5, 0.6) is 0 Å². The zero-order chi connectivity index (χ0) is 13.0. The van der Waals surface area contributed by atoms with Crippen LogP contribution < -0.4 is 5.73 Å². The van der Waals surface area contributed by atoms with E-state index in [-0.39, 0.29) is 18.0 Å². The van der Waals surface area contributed by atoms with E-state index in [1.165, 1.54) is 0 Å². The van der Waals surface area contributed by atoms with Gasteiger partial charge >= 0.3 is 5.97 Å². The predicted octanol–water partition coefficient (Wildman–Crippen LogP) is 1.85. The molecule has 0 aliphatic rings. The van der Waals surface area contributed by atoms with Crippen molar-refractivity contribution in [1.29, 1.82) is 0 Å². The molecule has 0 saturated carbocycles. The summed E-state index contributed by atoms with van der Waals surface area (Å²) in [5.41, 5.74) is 3.96. The quantitative estimate of drug-likeness (QED) is 0.826. The fourth-order valence-corrected chi connectivity index (χ4v) is 1.27. The van der Waals surface area contributed by atoms with Gasteiger partial charge in [-0.15, -0.1) is 0 Å². The monoisotopic (exact) mass is 248 g/mol. The molecule has 0 amide bonds. The summed E-state index contributed by atoms with van der Waals surface area (Å²) < 4.78 is 42.9. The Balaban J connectivity index is 3.03. The molecule has 4 nitrogen and oxygen atoms in total. The van der Waals surface area contributed by atoms with Crippen LogP contribution in [-0.4, -0.2) is 17.6 Å². The van der Waals surface area contributed by atoms with Crippen LogP contribution in [0, 0.1) is 5.82 Å². The molecule has 0 atom stereocenters. The minimum Gasteiger partial charge on any atom is -0.466 e.